The van der Waals surface area contributed by atoms with Crippen LogP contribution < -0.4 is 16.8 Å². The lowest BCUT2D eigenvalue weighted by Crippen LogP contribution is -2.09. The summed E-state index contributed by atoms with van der Waals surface area (Å²) in [6.45, 7) is 8.27. The average molecular weight is 272 g/mol. The van der Waals surface area contributed by atoms with Crippen molar-refractivity contribution >= 4 is 25.9 Å². The summed E-state index contributed by atoms with van der Waals surface area (Å²) in [6.07, 6.45) is 0. The maximum absolute atomic E-state index is 6.31. The third-order valence-electron chi connectivity index (χ3n) is 4.07. The molecule has 0 heterocycles. The van der Waals surface area contributed by atoms with Crippen LogP contribution in [-0.2, 0) is 0 Å². The number of rotatable bonds is 1. The van der Waals surface area contributed by atoms with Gasteiger partial charge >= 0.3 is 0 Å². The molecule has 2 aromatic carbocycles. The van der Waals surface area contributed by atoms with Crippen molar-refractivity contribution in [2.24, 2.45) is 0 Å². The summed E-state index contributed by atoms with van der Waals surface area (Å²) in [6, 6.07) is 6.21. The summed E-state index contributed by atoms with van der Waals surface area (Å²) >= 11 is 0. The molecule has 4 N–H and O–H groups in total. The Morgan fingerprint density at radius 3 is 1.89 bits per heavy atom. The minimum absolute atomic E-state index is 0.787. The molecule has 19 heavy (non-hydrogen) atoms. The maximum atomic E-state index is 6.31. The number of hydrogen-bond donors (Lipinski definition) is 2. The molecule has 2 nitrogen and oxygen atoms in total. The predicted molar refractivity (Wildman–Crippen MR) is 89.0 cm³/mol. The Bertz CT molecular complexity index is 631. The van der Waals surface area contributed by atoms with Crippen LogP contribution in [0.25, 0.3) is 11.1 Å². The molecule has 0 saturated carbocycles. The highest BCUT2D eigenvalue weighted by Crippen LogP contribution is 2.38. The van der Waals surface area contributed by atoms with Crippen LogP contribution in [0.15, 0.2) is 18.2 Å². The molecule has 1 unspecified atom stereocenters. The first kappa shape index (κ1) is 13.9. The van der Waals surface area contributed by atoms with E-state index in [4.69, 9.17) is 11.5 Å². The highest BCUT2D eigenvalue weighted by molar-refractivity contribution is 7.28. The van der Waals surface area contributed by atoms with Gasteiger partial charge in [0.1, 0.15) is 0 Å². The quantitative estimate of drug-likeness (QED) is 0.618. The van der Waals surface area contributed by atoms with Gasteiger partial charge in [-0.05, 0) is 60.8 Å². The zero-order chi connectivity index (χ0) is 14.3. The standard InChI is InChI=1S/C16H21N2P/c1-8-6-5-7-12(16(8)19)13-14(17)10(3)9(2)11(4)15(13)18/h5-7H,17-19H2,1-4H3. The van der Waals surface area contributed by atoms with E-state index in [2.05, 4.69) is 49.1 Å². The second-order valence-corrected chi connectivity index (χ2v) is 5.69. The van der Waals surface area contributed by atoms with E-state index in [-0.39, 0.29) is 0 Å². The van der Waals surface area contributed by atoms with Crippen LogP contribution in [0, 0.1) is 27.7 Å². The van der Waals surface area contributed by atoms with Gasteiger partial charge in [-0.15, -0.1) is 9.24 Å². The molecule has 0 radical (unpaired) electrons. The molecule has 100 valence electrons. The van der Waals surface area contributed by atoms with Gasteiger partial charge in [0.25, 0.3) is 0 Å². The fraction of sp³-hybridized carbons (Fsp3) is 0.250. The van der Waals surface area contributed by atoms with Crippen molar-refractivity contribution in [2.75, 3.05) is 11.5 Å². The maximum Gasteiger partial charge on any atom is 0.0447 e. The first-order valence-electron chi connectivity index (χ1n) is 6.36. The Balaban J connectivity index is 2.87. The number of anilines is 2. The largest absolute Gasteiger partial charge is 0.398 e. The molecule has 1 atom stereocenters. The lowest BCUT2D eigenvalue weighted by atomic mass is 9.91. The number of benzene rings is 2. The lowest BCUT2D eigenvalue weighted by Gasteiger charge is -2.19. The minimum atomic E-state index is 0.787. The molecule has 2 rings (SSSR count). The van der Waals surface area contributed by atoms with Crippen molar-refractivity contribution in [2.45, 2.75) is 27.7 Å². The Kier molecular flexibility index (Phi) is 3.56. The van der Waals surface area contributed by atoms with Gasteiger partial charge in [0.15, 0.2) is 0 Å². The van der Waals surface area contributed by atoms with E-state index < -0.39 is 0 Å². The van der Waals surface area contributed by atoms with Crippen LogP contribution in [-0.4, -0.2) is 0 Å². The summed E-state index contributed by atoms with van der Waals surface area (Å²) in [5.41, 5.74) is 20.9. The van der Waals surface area contributed by atoms with Crippen molar-refractivity contribution in [3.63, 3.8) is 0 Å². The molecule has 2 aromatic rings. The van der Waals surface area contributed by atoms with Crippen molar-refractivity contribution in [3.8, 4) is 11.1 Å². The van der Waals surface area contributed by atoms with E-state index in [1.165, 1.54) is 11.1 Å². The monoisotopic (exact) mass is 272 g/mol. The Labute approximate surface area is 117 Å². The Morgan fingerprint density at radius 2 is 1.37 bits per heavy atom. The first-order chi connectivity index (χ1) is 8.86. The number of nitrogens with two attached hydrogens (primary N) is 2. The molecule has 3 heteroatoms. The molecular weight excluding hydrogens is 251 g/mol. The molecule has 0 amide bonds. The second-order valence-electron chi connectivity index (χ2n) is 5.11. The van der Waals surface area contributed by atoms with Gasteiger partial charge in [0.2, 0.25) is 0 Å². The van der Waals surface area contributed by atoms with Gasteiger partial charge in [-0.3, -0.25) is 0 Å². The van der Waals surface area contributed by atoms with Gasteiger partial charge in [-0.25, -0.2) is 0 Å². The molecule has 0 aliphatic rings. The zero-order valence-electron chi connectivity index (χ0n) is 12.0. The number of hydrogen-bond acceptors (Lipinski definition) is 2. The normalized spacial score (nSPS) is 10.8. The van der Waals surface area contributed by atoms with Crippen molar-refractivity contribution in [1.29, 1.82) is 0 Å². The van der Waals surface area contributed by atoms with E-state index in [0.29, 0.717) is 0 Å². The van der Waals surface area contributed by atoms with Crippen molar-refractivity contribution < 1.29 is 0 Å². The Hall–Kier alpha value is -1.53. The van der Waals surface area contributed by atoms with E-state index >= 15 is 0 Å². The van der Waals surface area contributed by atoms with Crippen LogP contribution in [0.1, 0.15) is 22.3 Å². The average Bonchev–Trinajstić information content (AvgIpc) is 2.39. The van der Waals surface area contributed by atoms with Gasteiger partial charge in [-0.2, -0.15) is 0 Å². The fourth-order valence-corrected chi connectivity index (χ4v) is 2.73. The summed E-state index contributed by atoms with van der Waals surface area (Å²) in [4.78, 5) is 0. The van der Waals surface area contributed by atoms with Gasteiger partial charge in [-0.1, -0.05) is 18.2 Å². The summed E-state index contributed by atoms with van der Waals surface area (Å²) in [5, 5.41) is 1.16. The summed E-state index contributed by atoms with van der Waals surface area (Å²) in [7, 11) is 2.80. The van der Waals surface area contributed by atoms with Crippen LogP contribution in [0.4, 0.5) is 11.4 Å². The third kappa shape index (κ3) is 2.11. The molecular formula is C16H21N2P. The minimum Gasteiger partial charge on any atom is -0.398 e. The van der Waals surface area contributed by atoms with Crippen LogP contribution >= 0.6 is 9.24 Å². The topological polar surface area (TPSA) is 52.0 Å². The number of aryl methyl sites for hydroxylation is 1. The molecule has 0 bridgehead atoms. The molecule has 0 saturated heterocycles. The fourth-order valence-electron chi connectivity index (χ4n) is 2.39. The van der Waals surface area contributed by atoms with Crippen LogP contribution in [0.3, 0.4) is 0 Å². The van der Waals surface area contributed by atoms with Crippen LogP contribution in [0.2, 0.25) is 0 Å². The van der Waals surface area contributed by atoms with Crippen LogP contribution in [0.5, 0.6) is 0 Å². The molecule has 0 aliphatic carbocycles. The molecule has 0 aromatic heterocycles. The highest BCUT2D eigenvalue weighted by Gasteiger charge is 2.17. The predicted octanol–water partition coefficient (Wildman–Crippen LogP) is 3.25. The summed E-state index contributed by atoms with van der Waals surface area (Å²) < 4.78 is 0. The van der Waals surface area contributed by atoms with Gasteiger partial charge < -0.3 is 11.5 Å². The van der Waals surface area contributed by atoms with E-state index in [1.54, 1.807) is 0 Å². The van der Waals surface area contributed by atoms with Crippen molar-refractivity contribution in [1.82, 2.24) is 0 Å². The zero-order valence-corrected chi connectivity index (χ0v) is 13.1. The second kappa shape index (κ2) is 4.86. The molecule has 0 fully saturated rings. The smallest absolute Gasteiger partial charge is 0.0447 e. The van der Waals surface area contributed by atoms with Crippen molar-refractivity contribution in [3.05, 3.63) is 40.5 Å². The van der Waals surface area contributed by atoms with Gasteiger partial charge in [0, 0.05) is 16.9 Å². The highest BCUT2D eigenvalue weighted by atomic mass is 31.0. The van der Waals surface area contributed by atoms with E-state index in [1.807, 2.05) is 6.07 Å². The summed E-state index contributed by atoms with van der Waals surface area (Å²) in [5.74, 6) is 0. The number of nitrogen functional groups attached to an aromatic ring is 2. The van der Waals surface area contributed by atoms with E-state index in [0.717, 1.165) is 38.9 Å². The Morgan fingerprint density at radius 1 is 0.842 bits per heavy atom. The molecule has 0 spiro atoms. The van der Waals surface area contributed by atoms with E-state index in [9.17, 15) is 0 Å². The third-order valence-corrected chi connectivity index (χ3v) is 4.83. The SMILES string of the molecule is Cc1cccc(-c2c(N)c(C)c(C)c(C)c2N)c1P. The molecule has 0 aliphatic heterocycles. The lowest BCUT2D eigenvalue weighted by molar-refractivity contribution is 1.27. The van der Waals surface area contributed by atoms with Gasteiger partial charge in [0.05, 0.1) is 0 Å². The first-order valence-corrected chi connectivity index (χ1v) is 6.94.